The minimum Gasteiger partial charge on any atom is -0.494 e. The third-order valence-electron chi connectivity index (χ3n) is 4.09. The Morgan fingerprint density at radius 1 is 1.04 bits per heavy atom. The molecular formula is C20H24O5. The maximum atomic E-state index is 11.8. The summed E-state index contributed by atoms with van der Waals surface area (Å²) in [7, 11) is 3.13. The number of carbonyl (C=O) groups is 1. The number of rotatable bonds is 8. The summed E-state index contributed by atoms with van der Waals surface area (Å²) in [4.78, 5) is 11.8. The molecule has 1 unspecified atom stereocenters. The molecule has 2 rings (SSSR count). The van der Waals surface area contributed by atoms with Gasteiger partial charge in [0.15, 0.2) is 11.5 Å². The Bertz CT molecular complexity index is 739. The quantitative estimate of drug-likeness (QED) is 0.788. The third kappa shape index (κ3) is 4.44. The van der Waals surface area contributed by atoms with Gasteiger partial charge in [-0.25, -0.2) is 0 Å². The molecule has 0 amide bonds. The van der Waals surface area contributed by atoms with Crippen LogP contribution in [-0.2, 0) is 11.2 Å². The third-order valence-corrected chi connectivity index (χ3v) is 4.09. The molecule has 1 atom stereocenters. The average Bonchev–Trinajstić information content (AvgIpc) is 2.61. The van der Waals surface area contributed by atoms with Gasteiger partial charge in [-0.15, -0.1) is 0 Å². The molecule has 0 saturated carbocycles. The van der Waals surface area contributed by atoms with Gasteiger partial charge < -0.3 is 19.3 Å². The molecule has 2 aromatic rings. The molecule has 0 heterocycles. The summed E-state index contributed by atoms with van der Waals surface area (Å²) in [6, 6.07) is 11.0. The molecule has 0 fully saturated rings. The van der Waals surface area contributed by atoms with Crippen molar-refractivity contribution in [2.75, 3.05) is 20.8 Å². The van der Waals surface area contributed by atoms with Crippen LogP contribution in [0.1, 0.15) is 29.5 Å². The highest BCUT2D eigenvalue weighted by Gasteiger charge is 2.22. The molecule has 0 aromatic heterocycles. The van der Waals surface area contributed by atoms with E-state index in [1.54, 1.807) is 20.3 Å². The Balaban J connectivity index is 2.30. The van der Waals surface area contributed by atoms with Gasteiger partial charge in [0, 0.05) is 0 Å². The van der Waals surface area contributed by atoms with E-state index < -0.39 is 11.9 Å². The van der Waals surface area contributed by atoms with Crippen molar-refractivity contribution in [2.24, 2.45) is 0 Å². The van der Waals surface area contributed by atoms with E-state index in [9.17, 15) is 9.90 Å². The van der Waals surface area contributed by atoms with Gasteiger partial charge in [0.1, 0.15) is 5.75 Å². The van der Waals surface area contributed by atoms with Gasteiger partial charge in [-0.2, -0.15) is 0 Å². The zero-order chi connectivity index (χ0) is 18.4. The maximum Gasteiger partial charge on any atom is 0.311 e. The summed E-state index contributed by atoms with van der Waals surface area (Å²) in [5, 5.41) is 9.69. The van der Waals surface area contributed by atoms with Crippen LogP contribution < -0.4 is 14.2 Å². The minimum absolute atomic E-state index is 0.364. The number of aliphatic carboxylic acids is 1. The summed E-state index contributed by atoms with van der Waals surface area (Å²) in [6.45, 7) is 4.42. The SMILES string of the molecule is CCOc1ccc(C(Cc2ccc(OC)c(OC)c2)C(=O)O)cc1C. The molecule has 2 aromatic carbocycles. The molecule has 134 valence electrons. The lowest BCUT2D eigenvalue weighted by molar-refractivity contribution is -0.138. The number of ether oxygens (including phenoxy) is 3. The summed E-state index contributed by atoms with van der Waals surface area (Å²) >= 11 is 0. The molecule has 0 aliphatic heterocycles. The molecule has 0 spiro atoms. The van der Waals surface area contributed by atoms with Crippen molar-refractivity contribution in [3.05, 3.63) is 53.1 Å². The zero-order valence-corrected chi connectivity index (χ0v) is 15.0. The number of carboxylic acids is 1. The van der Waals surface area contributed by atoms with Gasteiger partial charge >= 0.3 is 5.97 Å². The second-order valence-corrected chi connectivity index (χ2v) is 5.74. The van der Waals surface area contributed by atoms with Crippen molar-refractivity contribution < 1.29 is 24.1 Å². The first-order chi connectivity index (χ1) is 12.0. The zero-order valence-electron chi connectivity index (χ0n) is 15.0. The van der Waals surface area contributed by atoms with Crippen LogP contribution >= 0.6 is 0 Å². The van der Waals surface area contributed by atoms with Crippen LogP contribution in [0.2, 0.25) is 0 Å². The number of methoxy groups -OCH3 is 2. The molecule has 0 aliphatic rings. The smallest absolute Gasteiger partial charge is 0.311 e. The normalized spacial score (nSPS) is 11.7. The van der Waals surface area contributed by atoms with Crippen LogP contribution in [0.5, 0.6) is 17.2 Å². The molecule has 5 nitrogen and oxygen atoms in total. The first-order valence-electron chi connectivity index (χ1n) is 8.17. The second kappa shape index (κ2) is 8.42. The monoisotopic (exact) mass is 344 g/mol. The van der Waals surface area contributed by atoms with E-state index in [1.165, 1.54) is 0 Å². The van der Waals surface area contributed by atoms with Crippen molar-refractivity contribution in [2.45, 2.75) is 26.2 Å². The lowest BCUT2D eigenvalue weighted by Gasteiger charge is -2.16. The van der Waals surface area contributed by atoms with E-state index in [2.05, 4.69) is 0 Å². The Labute approximate surface area is 148 Å². The van der Waals surface area contributed by atoms with Crippen molar-refractivity contribution in [1.29, 1.82) is 0 Å². The van der Waals surface area contributed by atoms with E-state index >= 15 is 0 Å². The first kappa shape index (κ1) is 18.6. The predicted octanol–water partition coefficient (Wildman–Crippen LogP) is 3.82. The van der Waals surface area contributed by atoms with Crippen molar-refractivity contribution in [3.63, 3.8) is 0 Å². The van der Waals surface area contributed by atoms with Crippen LogP contribution in [0.3, 0.4) is 0 Å². The van der Waals surface area contributed by atoms with Gasteiger partial charge in [0.2, 0.25) is 0 Å². The Hall–Kier alpha value is -2.69. The summed E-state index contributed by atoms with van der Waals surface area (Å²) in [5.41, 5.74) is 2.55. The van der Waals surface area contributed by atoms with E-state index in [1.807, 2.05) is 44.2 Å². The number of aryl methyl sites for hydroxylation is 1. The predicted molar refractivity (Wildman–Crippen MR) is 96.0 cm³/mol. The van der Waals surface area contributed by atoms with Crippen LogP contribution in [0, 0.1) is 6.92 Å². The van der Waals surface area contributed by atoms with Gasteiger partial charge in [0.25, 0.3) is 0 Å². The Morgan fingerprint density at radius 2 is 1.72 bits per heavy atom. The second-order valence-electron chi connectivity index (χ2n) is 5.74. The molecule has 5 heteroatoms. The summed E-state index contributed by atoms with van der Waals surface area (Å²) < 4.78 is 16.1. The van der Waals surface area contributed by atoms with Crippen LogP contribution in [0.15, 0.2) is 36.4 Å². The highest BCUT2D eigenvalue weighted by molar-refractivity contribution is 5.76. The van der Waals surface area contributed by atoms with Crippen molar-refractivity contribution >= 4 is 5.97 Å². The van der Waals surface area contributed by atoms with E-state index in [-0.39, 0.29) is 0 Å². The number of hydrogen-bond donors (Lipinski definition) is 1. The molecular weight excluding hydrogens is 320 g/mol. The number of hydrogen-bond acceptors (Lipinski definition) is 4. The van der Waals surface area contributed by atoms with E-state index in [0.29, 0.717) is 24.5 Å². The van der Waals surface area contributed by atoms with Crippen LogP contribution in [0.25, 0.3) is 0 Å². The highest BCUT2D eigenvalue weighted by atomic mass is 16.5. The summed E-state index contributed by atoms with van der Waals surface area (Å²) in [6.07, 6.45) is 0.364. The fourth-order valence-corrected chi connectivity index (χ4v) is 2.80. The Kier molecular flexibility index (Phi) is 6.28. The topological polar surface area (TPSA) is 65.0 Å². The molecule has 0 saturated heterocycles. The lowest BCUT2D eigenvalue weighted by Crippen LogP contribution is -2.15. The van der Waals surface area contributed by atoms with Gasteiger partial charge in [-0.05, 0) is 55.2 Å². The van der Waals surface area contributed by atoms with Gasteiger partial charge in [0.05, 0.1) is 26.7 Å². The van der Waals surface area contributed by atoms with Crippen molar-refractivity contribution in [1.82, 2.24) is 0 Å². The first-order valence-corrected chi connectivity index (χ1v) is 8.17. The molecule has 0 radical (unpaired) electrons. The Morgan fingerprint density at radius 3 is 2.28 bits per heavy atom. The molecule has 0 aliphatic carbocycles. The van der Waals surface area contributed by atoms with E-state index in [0.717, 1.165) is 22.4 Å². The fraction of sp³-hybridized carbons (Fsp3) is 0.350. The van der Waals surface area contributed by atoms with E-state index in [4.69, 9.17) is 14.2 Å². The molecule has 25 heavy (non-hydrogen) atoms. The van der Waals surface area contributed by atoms with Crippen LogP contribution in [-0.4, -0.2) is 31.9 Å². The number of benzene rings is 2. The molecule has 1 N–H and O–H groups in total. The molecule has 0 bridgehead atoms. The highest BCUT2D eigenvalue weighted by Crippen LogP contribution is 2.31. The van der Waals surface area contributed by atoms with Gasteiger partial charge in [-0.1, -0.05) is 18.2 Å². The van der Waals surface area contributed by atoms with Crippen LogP contribution in [0.4, 0.5) is 0 Å². The van der Waals surface area contributed by atoms with Crippen molar-refractivity contribution in [3.8, 4) is 17.2 Å². The number of carboxylic acid groups (broad SMARTS) is 1. The standard InChI is InChI=1S/C20H24O5/c1-5-25-17-9-7-15(10-13(17)2)16(20(21)22)11-14-6-8-18(23-3)19(12-14)24-4/h6-10,12,16H,5,11H2,1-4H3,(H,21,22). The minimum atomic E-state index is -0.863. The van der Waals surface area contributed by atoms with Gasteiger partial charge in [-0.3, -0.25) is 4.79 Å². The maximum absolute atomic E-state index is 11.8. The summed E-state index contributed by atoms with van der Waals surface area (Å²) in [5.74, 6) is 0.481. The largest absolute Gasteiger partial charge is 0.494 e. The fourth-order valence-electron chi connectivity index (χ4n) is 2.80. The average molecular weight is 344 g/mol. The lowest BCUT2D eigenvalue weighted by atomic mass is 9.91.